The maximum absolute atomic E-state index is 14.1. The van der Waals surface area contributed by atoms with Crippen molar-refractivity contribution in [1.82, 2.24) is 10.2 Å². The lowest BCUT2D eigenvalue weighted by molar-refractivity contribution is 0.0936. The second kappa shape index (κ2) is 8.69. The smallest absolute Gasteiger partial charge is 0.251 e. The molecule has 0 saturated heterocycles. The van der Waals surface area contributed by atoms with E-state index in [0.29, 0.717) is 12.2 Å². The Morgan fingerprint density at radius 3 is 2.36 bits per heavy atom. The van der Waals surface area contributed by atoms with Crippen LogP contribution < -0.4 is 5.32 Å². The number of rotatable bonds is 7. The summed E-state index contributed by atoms with van der Waals surface area (Å²) in [5.41, 5.74) is 1.18. The van der Waals surface area contributed by atoms with Gasteiger partial charge in [0.15, 0.2) is 0 Å². The summed E-state index contributed by atoms with van der Waals surface area (Å²) in [7, 11) is 4.97. The van der Waals surface area contributed by atoms with Gasteiger partial charge in [-0.15, -0.1) is 0 Å². The van der Waals surface area contributed by atoms with Crippen LogP contribution in [0.2, 0.25) is 0 Å². The molecule has 0 aromatic heterocycles. The van der Waals surface area contributed by atoms with Crippen molar-refractivity contribution in [2.75, 3.05) is 27.7 Å². The summed E-state index contributed by atoms with van der Waals surface area (Å²) >= 11 is 0. The maximum Gasteiger partial charge on any atom is 0.251 e. The van der Waals surface area contributed by atoms with Crippen LogP contribution in [-0.4, -0.2) is 38.6 Å². The van der Waals surface area contributed by atoms with Crippen LogP contribution in [0.4, 0.5) is 8.78 Å². The highest BCUT2D eigenvalue weighted by Crippen LogP contribution is 2.24. The third-order valence-corrected chi connectivity index (χ3v) is 3.97. The van der Waals surface area contributed by atoms with Crippen molar-refractivity contribution in [2.45, 2.75) is 12.6 Å². The van der Waals surface area contributed by atoms with E-state index in [9.17, 15) is 13.6 Å². The Morgan fingerprint density at radius 2 is 1.76 bits per heavy atom. The van der Waals surface area contributed by atoms with Gasteiger partial charge in [0.05, 0.1) is 12.6 Å². The SMILES string of the molecule is COCc1ccccc1C(=O)NC[C@@H](c1c(F)cccc1F)N(C)C. The predicted octanol–water partition coefficient (Wildman–Crippen LogP) is 3.14. The molecule has 0 aliphatic heterocycles. The van der Waals surface area contributed by atoms with Crippen LogP contribution in [0.25, 0.3) is 0 Å². The van der Waals surface area contributed by atoms with Gasteiger partial charge in [-0.2, -0.15) is 0 Å². The van der Waals surface area contributed by atoms with Crippen molar-refractivity contribution in [2.24, 2.45) is 0 Å². The molecule has 0 saturated carbocycles. The number of hydrogen-bond acceptors (Lipinski definition) is 3. The maximum atomic E-state index is 14.1. The Labute approximate surface area is 146 Å². The van der Waals surface area contributed by atoms with Gasteiger partial charge in [0.1, 0.15) is 11.6 Å². The molecule has 25 heavy (non-hydrogen) atoms. The summed E-state index contributed by atoms with van der Waals surface area (Å²) in [6.45, 7) is 0.383. The van der Waals surface area contributed by atoms with Crippen molar-refractivity contribution < 1.29 is 18.3 Å². The minimum atomic E-state index is -0.632. The summed E-state index contributed by atoms with van der Waals surface area (Å²) in [5, 5.41) is 2.76. The molecule has 4 nitrogen and oxygen atoms in total. The number of nitrogens with one attached hydrogen (secondary N) is 1. The number of amides is 1. The number of carbonyl (C=O) groups is 1. The second-order valence-corrected chi connectivity index (χ2v) is 5.91. The molecular formula is C19H22F2N2O2. The zero-order valence-corrected chi connectivity index (χ0v) is 14.6. The molecule has 1 N–H and O–H groups in total. The van der Waals surface area contributed by atoms with Gasteiger partial charge in [-0.25, -0.2) is 8.78 Å². The first-order valence-electron chi connectivity index (χ1n) is 7.91. The molecule has 0 radical (unpaired) electrons. The highest BCUT2D eigenvalue weighted by Gasteiger charge is 2.23. The Balaban J connectivity index is 2.18. The Bertz CT molecular complexity index is 715. The van der Waals surface area contributed by atoms with E-state index in [2.05, 4.69) is 5.32 Å². The number of likely N-dealkylation sites (N-methyl/N-ethyl adjacent to an activating group) is 1. The van der Waals surface area contributed by atoms with Crippen molar-refractivity contribution >= 4 is 5.91 Å². The highest BCUT2D eigenvalue weighted by molar-refractivity contribution is 5.95. The van der Waals surface area contributed by atoms with Crippen molar-refractivity contribution in [1.29, 1.82) is 0 Å². The van der Waals surface area contributed by atoms with Crippen LogP contribution in [0.3, 0.4) is 0 Å². The zero-order chi connectivity index (χ0) is 18.4. The Kier molecular flexibility index (Phi) is 6.61. The van der Waals surface area contributed by atoms with Crippen LogP contribution in [0.5, 0.6) is 0 Å². The summed E-state index contributed by atoms with van der Waals surface area (Å²) in [6.07, 6.45) is 0. The highest BCUT2D eigenvalue weighted by atomic mass is 19.1. The fourth-order valence-corrected chi connectivity index (χ4v) is 2.68. The average Bonchev–Trinajstić information content (AvgIpc) is 2.57. The van der Waals surface area contributed by atoms with Crippen LogP contribution in [-0.2, 0) is 11.3 Å². The van der Waals surface area contributed by atoms with E-state index in [4.69, 9.17) is 4.74 Å². The van der Waals surface area contributed by atoms with Gasteiger partial charge >= 0.3 is 0 Å². The predicted molar refractivity (Wildman–Crippen MR) is 92.3 cm³/mol. The largest absolute Gasteiger partial charge is 0.380 e. The molecular weight excluding hydrogens is 326 g/mol. The van der Waals surface area contributed by atoms with Crippen molar-refractivity contribution in [3.63, 3.8) is 0 Å². The number of methoxy groups -OCH3 is 1. The fraction of sp³-hybridized carbons (Fsp3) is 0.316. The monoisotopic (exact) mass is 348 g/mol. The topological polar surface area (TPSA) is 41.6 Å². The van der Waals surface area contributed by atoms with Crippen molar-refractivity contribution in [3.8, 4) is 0 Å². The van der Waals surface area contributed by atoms with Crippen LogP contribution in [0.15, 0.2) is 42.5 Å². The summed E-state index contributed by atoms with van der Waals surface area (Å²) < 4.78 is 33.2. The first-order chi connectivity index (χ1) is 12.0. The number of ether oxygens (including phenoxy) is 1. The lowest BCUT2D eigenvalue weighted by Crippen LogP contribution is -2.35. The lowest BCUT2D eigenvalue weighted by atomic mass is 10.0. The normalized spacial score (nSPS) is 12.2. The number of nitrogens with zero attached hydrogens (tertiary/aromatic N) is 1. The van der Waals surface area contributed by atoms with Gasteiger partial charge in [-0.3, -0.25) is 4.79 Å². The molecule has 0 bridgehead atoms. The molecule has 0 aliphatic rings. The van der Waals surface area contributed by atoms with Crippen molar-refractivity contribution in [3.05, 3.63) is 70.8 Å². The third kappa shape index (κ3) is 4.61. The minimum absolute atomic E-state index is 0.0574. The number of carbonyl (C=O) groups excluding carboxylic acids is 1. The molecule has 1 amide bonds. The minimum Gasteiger partial charge on any atom is -0.380 e. The van der Waals surface area contributed by atoms with E-state index in [-0.39, 0.29) is 18.0 Å². The van der Waals surface area contributed by atoms with E-state index in [1.54, 1.807) is 44.3 Å². The molecule has 134 valence electrons. The quantitative estimate of drug-likeness (QED) is 0.836. The van der Waals surface area contributed by atoms with E-state index >= 15 is 0 Å². The van der Waals surface area contributed by atoms with Gasteiger partial charge in [-0.1, -0.05) is 24.3 Å². The molecule has 2 aromatic carbocycles. The van der Waals surface area contributed by atoms with Crippen LogP contribution in [0, 0.1) is 11.6 Å². The van der Waals surface area contributed by atoms with E-state index in [1.165, 1.54) is 18.2 Å². The van der Waals surface area contributed by atoms with E-state index in [0.717, 1.165) is 5.56 Å². The lowest BCUT2D eigenvalue weighted by Gasteiger charge is -2.26. The molecule has 2 aromatic rings. The zero-order valence-electron chi connectivity index (χ0n) is 14.6. The summed E-state index contributed by atoms with van der Waals surface area (Å²) in [5.74, 6) is -1.57. The molecule has 0 unspecified atom stereocenters. The third-order valence-electron chi connectivity index (χ3n) is 3.97. The fourth-order valence-electron chi connectivity index (χ4n) is 2.68. The van der Waals surface area contributed by atoms with Crippen LogP contribution >= 0.6 is 0 Å². The second-order valence-electron chi connectivity index (χ2n) is 5.91. The standard InChI is InChI=1S/C19H22F2N2O2/c1-23(2)17(18-15(20)9-6-10-16(18)21)11-22-19(24)14-8-5-4-7-13(14)12-25-3/h4-10,17H,11-12H2,1-3H3,(H,22,24)/t17-/m0/s1. The molecule has 2 rings (SSSR count). The number of halogens is 2. The molecule has 1 atom stereocenters. The Hall–Kier alpha value is -2.31. The molecule has 0 fully saturated rings. The van der Waals surface area contributed by atoms with E-state index < -0.39 is 17.7 Å². The molecule has 0 aliphatic carbocycles. The first-order valence-corrected chi connectivity index (χ1v) is 7.91. The van der Waals surface area contributed by atoms with Gasteiger partial charge in [-0.05, 0) is 37.9 Å². The number of benzene rings is 2. The Morgan fingerprint density at radius 1 is 1.12 bits per heavy atom. The average molecular weight is 348 g/mol. The molecule has 0 heterocycles. The number of hydrogen-bond donors (Lipinski definition) is 1. The first kappa shape index (κ1) is 19.0. The summed E-state index contributed by atoms with van der Waals surface area (Å²) in [6, 6.07) is 10.2. The molecule has 0 spiro atoms. The summed E-state index contributed by atoms with van der Waals surface area (Å²) in [4.78, 5) is 14.2. The molecule has 6 heteroatoms. The van der Waals surface area contributed by atoms with Gasteiger partial charge < -0.3 is 15.0 Å². The van der Waals surface area contributed by atoms with E-state index in [1.807, 2.05) is 6.07 Å². The van der Waals surface area contributed by atoms with Crippen LogP contribution in [0.1, 0.15) is 27.5 Å². The van der Waals surface area contributed by atoms with Gasteiger partial charge in [0.25, 0.3) is 5.91 Å². The van der Waals surface area contributed by atoms with Gasteiger partial charge in [0, 0.05) is 24.8 Å². The van der Waals surface area contributed by atoms with Gasteiger partial charge in [0.2, 0.25) is 0 Å².